The molecule has 0 aromatic carbocycles. The molecule has 0 radical (unpaired) electrons. The molecule has 192 valence electrons. The second-order valence-electron chi connectivity index (χ2n) is 8.65. The summed E-state index contributed by atoms with van der Waals surface area (Å²) in [6.07, 6.45) is -8.78. The molecule has 0 bridgehead atoms. The third kappa shape index (κ3) is 7.02. The molecule has 3 fully saturated rings. The van der Waals surface area contributed by atoms with E-state index in [0.717, 1.165) is 0 Å². The highest BCUT2D eigenvalue weighted by molar-refractivity contribution is 5.77. The Bertz CT molecular complexity index is 830. The number of amides is 1. The van der Waals surface area contributed by atoms with Crippen LogP contribution in [0.25, 0.3) is 0 Å². The Labute approximate surface area is 190 Å². The van der Waals surface area contributed by atoms with Gasteiger partial charge in [0.15, 0.2) is 0 Å². The lowest BCUT2D eigenvalue weighted by Crippen LogP contribution is -2.45. The minimum Gasteiger partial charge on any atom is -0.370 e. The van der Waals surface area contributed by atoms with E-state index in [1.54, 1.807) is 0 Å². The van der Waals surface area contributed by atoms with Gasteiger partial charge in [-0.05, 0) is 25.7 Å². The highest BCUT2D eigenvalue weighted by Crippen LogP contribution is 2.38. The minimum atomic E-state index is -4.67. The van der Waals surface area contributed by atoms with E-state index in [2.05, 4.69) is 25.0 Å². The van der Waals surface area contributed by atoms with Crippen molar-refractivity contribution in [3.63, 3.8) is 0 Å². The van der Waals surface area contributed by atoms with Crippen molar-refractivity contribution in [2.45, 2.75) is 87.7 Å². The van der Waals surface area contributed by atoms with E-state index < -0.39 is 36.9 Å². The molecule has 1 N–H and O–H groups in total. The van der Waals surface area contributed by atoms with Gasteiger partial charge in [-0.2, -0.15) is 15.0 Å². The average molecular weight is 502 g/mol. The molecule has 1 aromatic rings. The predicted molar refractivity (Wildman–Crippen MR) is 99.0 cm³/mol. The summed E-state index contributed by atoms with van der Waals surface area (Å²) in [6, 6.07) is -0.514. The van der Waals surface area contributed by atoms with Gasteiger partial charge in [0.1, 0.15) is 18.4 Å². The van der Waals surface area contributed by atoms with Crippen molar-refractivity contribution < 1.29 is 50.1 Å². The first-order valence-electron chi connectivity index (χ1n) is 10.9. The summed E-state index contributed by atoms with van der Waals surface area (Å²) in [5, 5.41) is 11.2. The van der Waals surface area contributed by atoms with Crippen LogP contribution in [0, 0.1) is 0 Å². The maximum absolute atomic E-state index is 12.2. The normalized spacial score (nSPS) is 32.1. The van der Waals surface area contributed by atoms with E-state index in [4.69, 9.17) is 9.47 Å². The van der Waals surface area contributed by atoms with Crippen molar-refractivity contribution in [3.05, 3.63) is 11.9 Å². The Morgan fingerprint density at radius 2 is 1.68 bits per heavy atom. The van der Waals surface area contributed by atoms with E-state index in [9.17, 15) is 31.1 Å². The van der Waals surface area contributed by atoms with Crippen molar-refractivity contribution in [1.82, 2.24) is 20.3 Å². The number of nitrogens with zero attached hydrogens (tertiary/aromatic N) is 3. The molecule has 2 aliphatic carbocycles. The summed E-state index contributed by atoms with van der Waals surface area (Å²) >= 11 is 0. The molecule has 1 aliphatic heterocycles. The van der Waals surface area contributed by atoms with Crippen LogP contribution in [0.5, 0.6) is 0 Å². The van der Waals surface area contributed by atoms with Crippen LogP contribution in [0.4, 0.5) is 26.3 Å². The molecular weight excluding hydrogens is 478 g/mol. The Morgan fingerprint density at radius 3 is 2.26 bits per heavy atom. The van der Waals surface area contributed by atoms with Gasteiger partial charge in [0.05, 0.1) is 43.2 Å². The molecule has 1 amide bonds. The maximum atomic E-state index is 12.2. The van der Waals surface area contributed by atoms with Gasteiger partial charge in [0.2, 0.25) is 5.91 Å². The van der Waals surface area contributed by atoms with Crippen molar-refractivity contribution in [2.24, 2.45) is 0 Å². The van der Waals surface area contributed by atoms with Gasteiger partial charge in [-0.25, -0.2) is 0 Å². The first kappa shape index (κ1) is 25.1. The first-order valence-corrected chi connectivity index (χ1v) is 10.9. The fourth-order valence-corrected chi connectivity index (χ4v) is 4.12. The third-order valence-corrected chi connectivity index (χ3v) is 6.00. The summed E-state index contributed by atoms with van der Waals surface area (Å²) in [5.41, 5.74) is 0.564. The van der Waals surface area contributed by atoms with Crippen LogP contribution in [0.1, 0.15) is 56.4 Å². The van der Waals surface area contributed by atoms with Crippen LogP contribution < -0.4 is 5.32 Å². The number of alkyl halides is 6. The Morgan fingerprint density at radius 1 is 1.03 bits per heavy atom. The number of aromatic nitrogens is 3. The Hall–Kier alpha value is -1.97. The number of hydrogen-bond acceptors (Lipinski definition) is 7. The lowest BCUT2D eigenvalue weighted by molar-refractivity contribution is -0.357. The van der Waals surface area contributed by atoms with Crippen molar-refractivity contribution in [3.8, 4) is 0 Å². The maximum Gasteiger partial charge on any atom is 0.522 e. The number of nitrogens with one attached hydrogen (secondary N) is 1. The fraction of sp³-hybridized carbons (Fsp3) is 0.842. The fourth-order valence-electron chi connectivity index (χ4n) is 4.12. The van der Waals surface area contributed by atoms with Crippen LogP contribution in [0.2, 0.25) is 0 Å². The monoisotopic (exact) mass is 502 g/mol. The molecule has 2 atom stereocenters. The Balaban J connectivity index is 1.11. The van der Waals surface area contributed by atoms with Gasteiger partial charge in [0.25, 0.3) is 0 Å². The molecule has 15 heteroatoms. The third-order valence-electron chi connectivity index (χ3n) is 6.00. The van der Waals surface area contributed by atoms with Gasteiger partial charge in [0, 0.05) is 12.8 Å². The smallest absolute Gasteiger partial charge is 0.370 e. The summed E-state index contributed by atoms with van der Waals surface area (Å²) in [4.78, 5) is 13.4. The first-order chi connectivity index (χ1) is 15.9. The summed E-state index contributed by atoms with van der Waals surface area (Å²) in [7, 11) is 0. The second kappa shape index (κ2) is 9.95. The zero-order chi connectivity index (χ0) is 24.5. The topological polar surface area (TPSA) is 96.7 Å². The number of hydrogen-bond donors (Lipinski definition) is 1. The molecule has 1 aromatic heterocycles. The molecule has 0 unspecified atom stereocenters. The molecule has 2 saturated carbocycles. The van der Waals surface area contributed by atoms with E-state index in [0.29, 0.717) is 18.5 Å². The molecule has 9 nitrogen and oxygen atoms in total. The van der Waals surface area contributed by atoms with Crippen LogP contribution in [0.3, 0.4) is 0 Å². The Kier molecular flexibility index (Phi) is 7.36. The van der Waals surface area contributed by atoms with Gasteiger partial charge in [-0.1, -0.05) is 0 Å². The zero-order valence-electron chi connectivity index (χ0n) is 17.8. The lowest BCUT2D eigenvalue weighted by atomic mass is 9.90. The quantitative estimate of drug-likeness (QED) is 0.546. The summed E-state index contributed by atoms with van der Waals surface area (Å²) < 4.78 is 91.9. The minimum absolute atomic E-state index is 0.0819. The van der Waals surface area contributed by atoms with Crippen LogP contribution >= 0.6 is 0 Å². The highest BCUT2D eigenvalue weighted by Gasteiger charge is 2.42. The highest BCUT2D eigenvalue weighted by atomic mass is 19.4. The van der Waals surface area contributed by atoms with Crippen molar-refractivity contribution in [1.29, 1.82) is 0 Å². The molecule has 0 spiro atoms. The standard InChI is InChI=1S/C19H24F6N4O5/c20-18(21,22)33-13-3-11(4-13)29-26-7-15(28-29)16-2-1-10(8-32-16)27-17(30)9-31-12-5-14(6-12)34-19(23,24)25/h7,10-14,16H,1-6,8-9H2,(H,27,30)/t10-,11?,12?,13?,14?,16+/m1/s1. The number of halogens is 6. The number of rotatable bonds is 8. The van der Waals surface area contributed by atoms with Crippen LogP contribution in [-0.2, 0) is 23.7 Å². The molecule has 2 heterocycles. The average Bonchev–Trinajstić information content (AvgIpc) is 3.14. The summed E-state index contributed by atoms with van der Waals surface area (Å²) in [5.74, 6) is -0.390. The zero-order valence-corrected chi connectivity index (χ0v) is 17.8. The SMILES string of the molecule is O=C(COC1CC(OC(F)(F)F)C1)N[C@@H]1CC[C@@H](c2cnn(C3CC(OC(F)(F)F)C3)n2)OC1. The van der Waals surface area contributed by atoms with Gasteiger partial charge in [-0.15, -0.1) is 26.3 Å². The predicted octanol–water partition coefficient (Wildman–Crippen LogP) is 2.94. The van der Waals surface area contributed by atoms with E-state index in [1.807, 2.05) is 0 Å². The number of ether oxygens (including phenoxy) is 4. The number of carbonyl (C=O) groups excluding carboxylic acids is 1. The van der Waals surface area contributed by atoms with Gasteiger partial charge in [-0.3, -0.25) is 14.3 Å². The number of carbonyl (C=O) groups is 1. The molecule has 34 heavy (non-hydrogen) atoms. The molecule has 4 rings (SSSR count). The molecule has 1 saturated heterocycles. The van der Waals surface area contributed by atoms with E-state index in [1.165, 1.54) is 11.0 Å². The molecular formula is C19H24F6N4O5. The second-order valence-corrected chi connectivity index (χ2v) is 8.65. The lowest BCUT2D eigenvalue weighted by Gasteiger charge is -2.35. The van der Waals surface area contributed by atoms with Crippen LogP contribution in [-0.4, -0.2) is 71.2 Å². The van der Waals surface area contributed by atoms with Crippen molar-refractivity contribution >= 4 is 5.91 Å². The van der Waals surface area contributed by atoms with Crippen LogP contribution in [0.15, 0.2) is 6.20 Å². The molecule has 3 aliphatic rings. The van der Waals surface area contributed by atoms with E-state index >= 15 is 0 Å². The van der Waals surface area contributed by atoms with Gasteiger partial charge >= 0.3 is 12.7 Å². The summed E-state index contributed by atoms with van der Waals surface area (Å²) in [6.45, 7) is -0.0444. The largest absolute Gasteiger partial charge is 0.522 e. The van der Waals surface area contributed by atoms with Gasteiger partial charge < -0.3 is 14.8 Å². The van der Waals surface area contributed by atoms with E-state index in [-0.39, 0.29) is 57.1 Å². The van der Waals surface area contributed by atoms with Crippen molar-refractivity contribution in [2.75, 3.05) is 13.2 Å².